The number of hydrogen-bond donors (Lipinski definition) is 2. The summed E-state index contributed by atoms with van der Waals surface area (Å²) < 4.78 is 23.8. The number of ether oxygens (including phenoxy) is 1. The normalized spacial score (nSPS) is 10.3. The molecule has 0 aliphatic heterocycles. The average molecular weight is 285 g/mol. The highest BCUT2D eigenvalue weighted by Gasteiger charge is 2.15. The van der Waals surface area contributed by atoms with E-state index >= 15 is 0 Å². The SMILES string of the molecule is NNC(=O)c1occc1COc1cccc(Cl)c1F. The molecule has 2 aromatic rings. The summed E-state index contributed by atoms with van der Waals surface area (Å²) in [5, 5.41) is -0.0374. The van der Waals surface area contributed by atoms with E-state index in [0.717, 1.165) is 0 Å². The number of amides is 1. The minimum atomic E-state index is -0.655. The monoisotopic (exact) mass is 284 g/mol. The topological polar surface area (TPSA) is 77.5 Å². The Morgan fingerprint density at radius 3 is 3.00 bits per heavy atom. The largest absolute Gasteiger partial charge is 0.486 e. The van der Waals surface area contributed by atoms with Crippen LogP contribution in [0.5, 0.6) is 5.75 Å². The summed E-state index contributed by atoms with van der Waals surface area (Å²) in [7, 11) is 0. The Bertz CT molecular complexity index is 600. The van der Waals surface area contributed by atoms with E-state index in [-0.39, 0.29) is 23.1 Å². The van der Waals surface area contributed by atoms with Gasteiger partial charge >= 0.3 is 5.91 Å². The van der Waals surface area contributed by atoms with Crippen molar-refractivity contribution in [3.05, 3.63) is 52.7 Å². The predicted molar refractivity (Wildman–Crippen MR) is 66.1 cm³/mol. The number of hydrazine groups is 1. The highest BCUT2D eigenvalue weighted by Crippen LogP contribution is 2.25. The lowest BCUT2D eigenvalue weighted by atomic mass is 10.2. The van der Waals surface area contributed by atoms with Crippen LogP contribution in [0.3, 0.4) is 0 Å². The van der Waals surface area contributed by atoms with Gasteiger partial charge in [0.1, 0.15) is 6.61 Å². The minimum Gasteiger partial charge on any atom is -0.486 e. The Balaban J connectivity index is 2.13. The van der Waals surface area contributed by atoms with Crippen LogP contribution in [0.25, 0.3) is 0 Å². The van der Waals surface area contributed by atoms with Gasteiger partial charge in [-0.1, -0.05) is 17.7 Å². The van der Waals surface area contributed by atoms with Gasteiger partial charge in [0.05, 0.1) is 11.3 Å². The molecule has 2 rings (SSSR count). The Kier molecular flexibility index (Phi) is 4.03. The molecule has 0 aliphatic carbocycles. The number of carbonyl (C=O) groups excluding carboxylic acids is 1. The van der Waals surface area contributed by atoms with Crippen molar-refractivity contribution < 1.29 is 18.3 Å². The van der Waals surface area contributed by atoms with Crippen LogP contribution in [0.15, 0.2) is 34.9 Å². The lowest BCUT2D eigenvalue weighted by Gasteiger charge is -2.07. The van der Waals surface area contributed by atoms with Gasteiger partial charge in [-0.3, -0.25) is 10.2 Å². The molecule has 0 bridgehead atoms. The number of halogens is 2. The molecule has 0 radical (unpaired) electrons. The molecule has 0 fully saturated rings. The summed E-state index contributed by atoms with van der Waals surface area (Å²) in [5.41, 5.74) is 2.39. The molecular weight excluding hydrogens is 275 g/mol. The first kappa shape index (κ1) is 13.4. The van der Waals surface area contributed by atoms with E-state index < -0.39 is 11.7 Å². The van der Waals surface area contributed by atoms with Crippen molar-refractivity contribution in [1.29, 1.82) is 0 Å². The van der Waals surface area contributed by atoms with Gasteiger partial charge in [-0.2, -0.15) is 0 Å². The molecule has 7 heteroatoms. The Hall–Kier alpha value is -2.05. The van der Waals surface area contributed by atoms with Gasteiger partial charge in [0, 0.05) is 5.56 Å². The van der Waals surface area contributed by atoms with Gasteiger partial charge in [-0.05, 0) is 18.2 Å². The third kappa shape index (κ3) is 2.86. The lowest BCUT2D eigenvalue weighted by molar-refractivity contribution is 0.0922. The summed E-state index contributed by atoms with van der Waals surface area (Å²) in [6, 6.07) is 5.94. The summed E-state index contributed by atoms with van der Waals surface area (Å²) in [5.74, 6) is 3.77. The number of carbonyl (C=O) groups is 1. The van der Waals surface area contributed by atoms with E-state index in [1.165, 1.54) is 24.5 Å². The third-order valence-corrected chi connectivity index (χ3v) is 2.68. The zero-order valence-electron chi connectivity index (χ0n) is 9.65. The Labute approximate surface area is 113 Å². The van der Waals surface area contributed by atoms with E-state index in [1.54, 1.807) is 6.07 Å². The second kappa shape index (κ2) is 5.73. The van der Waals surface area contributed by atoms with Crippen molar-refractivity contribution in [3.8, 4) is 5.75 Å². The number of furan rings is 1. The van der Waals surface area contributed by atoms with Crippen LogP contribution in [0.2, 0.25) is 5.02 Å². The van der Waals surface area contributed by atoms with E-state index in [0.29, 0.717) is 5.56 Å². The van der Waals surface area contributed by atoms with Crippen LogP contribution in [0, 0.1) is 5.82 Å². The minimum absolute atomic E-state index is 0.00666. The van der Waals surface area contributed by atoms with E-state index in [1.807, 2.05) is 5.43 Å². The summed E-state index contributed by atoms with van der Waals surface area (Å²) in [4.78, 5) is 11.3. The van der Waals surface area contributed by atoms with Crippen molar-refractivity contribution in [2.24, 2.45) is 5.84 Å². The molecule has 1 aromatic carbocycles. The fourth-order valence-corrected chi connectivity index (χ4v) is 1.63. The van der Waals surface area contributed by atoms with Crippen molar-refractivity contribution in [2.45, 2.75) is 6.61 Å². The maximum Gasteiger partial charge on any atom is 0.301 e. The Morgan fingerprint density at radius 1 is 1.47 bits per heavy atom. The van der Waals surface area contributed by atoms with Crippen LogP contribution < -0.4 is 16.0 Å². The maximum atomic E-state index is 13.6. The van der Waals surface area contributed by atoms with Gasteiger partial charge in [-0.25, -0.2) is 10.2 Å². The van der Waals surface area contributed by atoms with E-state index in [2.05, 4.69) is 0 Å². The third-order valence-electron chi connectivity index (χ3n) is 2.38. The smallest absolute Gasteiger partial charge is 0.301 e. The van der Waals surface area contributed by atoms with E-state index in [9.17, 15) is 9.18 Å². The van der Waals surface area contributed by atoms with Crippen LogP contribution in [0.1, 0.15) is 16.1 Å². The fraction of sp³-hybridized carbons (Fsp3) is 0.0833. The molecule has 1 heterocycles. The molecule has 0 unspecified atom stereocenters. The molecule has 0 aliphatic rings. The van der Waals surface area contributed by atoms with Gasteiger partial charge in [0.2, 0.25) is 0 Å². The summed E-state index contributed by atoms with van der Waals surface area (Å²) >= 11 is 5.62. The molecule has 3 N–H and O–H groups in total. The molecule has 0 saturated carbocycles. The second-order valence-electron chi connectivity index (χ2n) is 3.59. The second-order valence-corrected chi connectivity index (χ2v) is 4.00. The highest BCUT2D eigenvalue weighted by atomic mass is 35.5. The molecule has 19 heavy (non-hydrogen) atoms. The van der Waals surface area contributed by atoms with Crippen LogP contribution in [0.4, 0.5) is 4.39 Å². The molecule has 0 saturated heterocycles. The lowest BCUT2D eigenvalue weighted by Crippen LogP contribution is -2.30. The van der Waals surface area contributed by atoms with Crippen molar-refractivity contribution >= 4 is 17.5 Å². The van der Waals surface area contributed by atoms with Crippen molar-refractivity contribution in [1.82, 2.24) is 5.43 Å². The number of rotatable bonds is 4. The highest BCUT2D eigenvalue weighted by molar-refractivity contribution is 6.30. The predicted octanol–water partition coefficient (Wildman–Crippen LogP) is 2.25. The molecule has 1 amide bonds. The molecule has 0 atom stereocenters. The standard InChI is InChI=1S/C12H10ClFN2O3/c13-8-2-1-3-9(10(8)14)19-6-7-4-5-18-11(7)12(17)16-15/h1-5H,6,15H2,(H,16,17). The summed E-state index contributed by atoms with van der Waals surface area (Å²) in [6.07, 6.45) is 1.32. The van der Waals surface area contributed by atoms with Crippen molar-refractivity contribution in [2.75, 3.05) is 0 Å². The zero-order valence-corrected chi connectivity index (χ0v) is 10.4. The first-order valence-corrected chi connectivity index (χ1v) is 5.65. The number of nitrogen functional groups attached to an aromatic ring is 1. The van der Waals surface area contributed by atoms with Gasteiger partial charge < -0.3 is 9.15 Å². The number of nitrogens with two attached hydrogens (primary N) is 1. The maximum absolute atomic E-state index is 13.6. The molecular formula is C12H10ClFN2O3. The molecule has 1 aromatic heterocycles. The average Bonchev–Trinajstić information content (AvgIpc) is 2.88. The fourth-order valence-electron chi connectivity index (χ4n) is 1.47. The van der Waals surface area contributed by atoms with Gasteiger partial charge in [-0.15, -0.1) is 0 Å². The molecule has 0 spiro atoms. The number of hydrogen-bond acceptors (Lipinski definition) is 4. The Morgan fingerprint density at radius 2 is 2.26 bits per heavy atom. The number of benzene rings is 1. The van der Waals surface area contributed by atoms with Gasteiger partial charge in [0.25, 0.3) is 0 Å². The quantitative estimate of drug-likeness (QED) is 0.513. The van der Waals surface area contributed by atoms with Gasteiger partial charge in [0.15, 0.2) is 17.3 Å². The van der Waals surface area contributed by atoms with Crippen molar-refractivity contribution in [3.63, 3.8) is 0 Å². The molecule has 100 valence electrons. The number of nitrogens with one attached hydrogen (secondary N) is 1. The summed E-state index contributed by atoms with van der Waals surface area (Å²) in [6.45, 7) is -0.0451. The van der Waals surface area contributed by atoms with E-state index in [4.69, 9.17) is 26.6 Å². The van der Waals surface area contributed by atoms with Crippen LogP contribution in [-0.4, -0.2) is 5.91 Å². The molecule has 5 nitrogen and oxygen atoms in total. The first-order valence-electron chi connectivity index (χ1n) is 5.27. The first-order chi connectivity index (χ1) is 9.13. The van der Waals surface area contributed by atoms with Crippen LogP contribution >= 0.6 is 11.6 Å². The van der Waals surface area contributed by atoms with Crippen LogP contribution in [-0.2, 0) is 6.61 Å². The zero-order chi connectivity index (χ0) is 13.8.